The molecule has 0 atom stereocenters. The van der Waals surface area contributed by atoms with E-state index in [1.165, 1.54) is 0 Å². The van der Waals surface area contributed by atoms with Gasteiger partial charge in [-0.15, -0.1) is 0 Å². The third-order valence-corrected chi connectivity index (χ3v) is 3.78. The van der Waals surface area contributed by atoms with Gasteiger partial charge in [0.2, 0.25) is 9.05 Å². The number of halogens is 2. The lowest BCUT2D eigenvalue weighted by Gasteiger charge is -2.28. The second kappa shape index (κ2) is 5.61. The van der Waals surface area contributed by atoms with Crippen LogP contribution in [-0.4, -0.2) is 39.7 Å². The van der Waals surface area contributed by atoms with Crippen molar-refractivity contribution in [3.8, 4) is 0 Å². The summed E-state index contributed by atoms with van der Waals surface area (Å²) in [5.41, 5.74) is 0.385. The van der Waals surface area contributed by atoms with Crippen LogP contribution in [0.2, 0.25) is 5.02 Å². The van der Waals surface area contributed by atoms with E-state index in [1.54, 1.807) is 12.1 Å². The highest BCUT2D eigenvalue weighted by atomic mass is 35.7. The van der Waals surface area contributed by atoms with E-state index in [2.05, 4.69) is 4.98 Å². The molecule has 0 N–H and O–H groups in total. The number of ether oxygens (including phenoxy) is 1. The quantitative estimate of drug-likeness (QED) is 0.794. The molecule has 1 fully saturated rings. The first-order chi connectivity index (χ1) is 8.46. The second-order valence-electron chi connectivity index (χ2n) is 3.89. The molecule has 0 bridgehead atoms. The van der Waals surface area contributed by atoms with E-state index in [9.17, 15) is 8.42 Å². The number of hydrogen-bond donors (Lipinski definition) is 0. The van der Waals surface area contributed by atoms with Crippen LogP contribution in [0.15, 0.2) is 12.1 Å². The van der Waals surface area contributed by atoms with Crippen molar-refractivity contribution in [3.05, 3.63) is 22.8 Å². The van der Waals surface area contributed by atoms with Gasteiger partial charge < -0.3 is 9.64 Å². The zero-order valence-electron chi connectivity index (χ0n) is 9.47. The molecule has 100 valence electrons. The predicted molar refractivity (Wildman–Crippen MR) is 70.8 cm³/mol. The summed E-state index contributed by atoms with van der Waals surface area (Å²) in [6.07, 6.45) is 0. The predicted octanol–water partition coefficient (Wildman–Crippen LogP) is 1.64. The van der Waals surface area contributed by atoms with Gasteiger partial charge in [-0.3, -0.25) is 0 Å². The van der Waals surface area contributed by atoms with Gasteiger partial charge in [-0.25, -0.2) is 13.4 Å². The fraction of sp³-hybridized carbons (Fsp3) is 0.500. The van der Waals surface area contributed by atoms with E-state index in [-0.39, 0.29) is 5.75 Å². The highest BCUT2D eigenvalue weighted by Crippen LogP contribution is 2.25. The summed E-state index contributed by atoms with van der Waals surface area (Å²) in [5.74, 6) is 0.279. The van der Waals surface area contributed by atoms with Crippen molar-refractivity contribution >= 4 is 37.2 Å². The van der Waals surface area contributed by atoms with Crippen LogP contribution in [0.5, 0.6) is 0 Å². The molecule has 1 saturated heterocycles. The summed E-state index contributed by atoms with van der Waals surface area (Å²) in [4.78, 5) is 6.22. The van der Waals surface area contributed by atoms with Crippen LogP contribution in [0.25, 0.3) is 0 Å². The largest absolute Gasteiger partial charge is 0.378 e. The smallest absolute Gasteiger partial charge is 0.238 e. The Morgan fingerprint density at radius 1 is 1.33 bits per heavy atom. The molecule has 0 saturated carbocycles. The zero-order valence-corrected chi connectivity index (χ0v) is 11.8. The maximum atomic E-state index is 11.0. The van der Waals surface area contributed by atoms with E-state index in [0.29, 0.717) is 42.8 Å². The third kappa shape index (κ3) is 3.71. The van der Waals surface area contributed by atoms with Gasteiger partial charge in [0.1, 0.15) is 11.6 Å². The maximum Gasteiger partial charge on any atom is 0.238 e. The van der Waals surface area contributed by atoms with Gasteiger partial charge in [0.15, 0.2) is 0 Å². The SMILES string of the molecule is O=S(=O)(Cl)Cc1ccc(Cl)c(N2CCOCC2)n1. The standard InChI is InChI=1S/C10H12Cl2N2O3S/c11-9-2-1-8(7-18(12,15)16)13-10(9)14-3-5-17-6-4-14/h1-2H,3-7H2. The number of rotatable bonds is 3. The first kappa shape index (κ1) is 13.9. The first-order valence-corrected chi connectivity index (χ1v) is 8.22. The molecule has 0 radical (unpaired) electrons. The summed E-state index contributed by atoms with van der Waals surface area (Å²) >= 11 is 6.07. The van der Waals surface area contributed by atoms with Gasteiger partial charge in [-0.05, 0) is 12.1 Å². The van der Waals surface area contributed by atoms with E-state index < -0.39 is 9.05 Å². The molecule has 8 heteroatoms. The van der Waals surface area contributed by atoms with Crippen LogP contribution in [0, 0.1) is 0 Å². The molecule has 2 heterocycles. The molecule has 18 heavy (non-hydrogen) atoms. The Morgan fingerprint density at radius 2 is 2.00 bits per heavy atom. The Kier molecular flexibility index (Phi) is 4.32. The molecule has 1 aromatic rings. The molecule has 5 nitrogen and oxygen atoms in total. The number of morpholine rings is 1. The Labute approximate surface area is 115 Å². The molecular formula is C10H12Cl2N2O3S. The number of nitrogens with zero attached hydrogens (tertiary/aromatic N) is 2. The number of aromatic nitrogens is 1. The molecule has 0 amide bonds. The molecule has 0 spiro atoms. The summed E-state index contributed by atoms with van der Waals surface area (Å²) < 4.78 is 27.3. The molecule has 1 aliphatic heterocycles. The minimum absolute atomic E-state index is 0.303. The summed E-state index contributed by atoms with van der Waals surface area (Å²) in [7, 11) is 1.60. The molecule has 0 aliphatic carbocycles. The summed E-state index contributed by atoms with van der Waals surface area (Å²) in [6, 6.07) is 3.20. The van der Waals surface area contributed by atoms with Gasteiger partial charge in [0.05, 0.1) is 23.9 Å². The Balaban J connectivity index is 2.26. The number of hydrogen-bond acceptors (Lipinski definition) is 5. The van der Waals surface area contributed by atoms with E-state index in [4.69, 9.17) is 27.0 Å². The lowest BCUT2D eigenvalue weighted by Crippen LogP contribution is -2.37. The molecule has 0 aromatic carbocycles. The molecule has 1 aromatic heterocycles. The highest BCUT2D eigenvalue weighted by molar-refractivity contribution is 8.13. The van der Waals surface area contributed by atoms with E-state index in [1.807, 2.05) is 4.90 Å². The minimum atomic E-state index is -3.61. The number of pyridine rings is 1. The van der Waals surface area contributed by atoms with Crippen LogP contribution >= 0.6 is 22.3 Å². The van der Waals surface area contributed by atoms with Crippen LogP contribution in [0.1, 0.15) is 5.69 Å². The molecule has 1 aliphatic rings. The monoisotopic (exact) mass is 310 g/mol. The average molecular weight is 311 g/mol. The Hall–Kier alpha value is -0.560. The lowest BCUT2D eigenvalue weighted by molar-refractivity contribution is 0.122. The Morgan fingerprint density at radius 3 is 2.61 bits per heavy atom. The van der Waals surface area contributed by atoms with Crippen LogP contribution in [-0.2, 0) is 19.5 Å². The van der Waals surface area contributed by atoms with Gasteiger partial charge in [0.25, 0.3) is 0 Å². The van der Waals surface area contributed by atoms with Gasteiger partial charge >= 0.3 is 0 Å². The second-order valence-corrected chi connectivity index (χ2v) is 7.07. The van der Waals surface area contributed by atoms with Crippen molar-refractivity contribution in [2.75, 3.05) is 31.2 Å². The van der Waals surface area contributed by atoms with Gasteiger partial charge in [-0.1, -0.05) is 11.6 Å². The number of anilines is 1. The lowest BCUT2D eigenvalue weighted by atomic mass is 10.3. The Bertz CT molecular complexity index is 530. The van der Waals surface area contributed by atoms with Crippen molar-refractivity contribution in [1.82, 2.24) is 4.98 Å². The van der Waals surface area contributed by atoms with Gasteiger partial charge in [0, 0.05) is 23.8 Å². The van der Waals surface area contributed by atoms with E-state index in [0.717, 1.165) is 0 Å². The third-order valence-electron chi connectivity index (χ3n) is 2.52. The molecule has 0 unspecified atom stereocenters. The molecular weight excluding hydrogens is 299 g/mol. The van der Waals surface area contributed by atoms with Crippen molar-refractivity contribution in [2.45, 2.75) is 5.75 Å². The van der Waals surface area contributed by atoms with E-state index >= 15 is 0 Å². The fourth-order valence-corrected chi connectivity index (χ4v) is 2.80. The molecule has 2 rings (SSSR count). The summed E-state index contributed by atoms with van der Waals surface area (Å²) in [6.45, 7) is 2.58. The van der Waals surface area contributed by atoms with Crippen LogP contribution in [0.4, 0.5) is 5.82 Å². The zero-order chi connectivity index (χ0) is 13.2. The highest BCUT2D eigenvalue weighted by Gasteiger charge is 2.17. The van der Waals surface area contributed by atoms with Crippen molar-refractivity contribution < 1.29 is 13.2 Å². The fourth-order valence-electron chi connectivity index (χ4n) is 1.72. The maximum absolute atomic E-state index is 11.0. The van der Waals surface area contributed by atoms with Gasteiger partial charge in [-0.2, -0.15) is 0 Å². The summed E-state index contributed by atoms with van der Waals surface area (Å²) in [5, 5.41) is 0.493. The normalized spacial score (nSPS) is 16.9. The van der Waals surface area contributed by atoms with Crippen LogP contribution in [0.3, 0.4) is 0 Å². The minimum Gasteiger partial charge on any atom is -0.378 e. The van der Waals surface area contributed by atoms with Crippen molar-refractivity contribution in [2.24, 2.45) is 0 Å². The average Bonchev–Trinajstić information content (AvgIpc) is 2.31. The van der Waals surface area contributed by atoms with Crippen LogP contribution < -0.4 is 4.90 Å². The first-order valence-electron chi connectivity index (χ1n) is 5.36. The topological polar surface area (TPSA) is 59.5 Å². The van der Waals surface area contributed by atoms with Crippen molar-refractivity contribution in [3.63, 3.8) is 0 Å². The van der Waals surface area contributed by atoms with Crippen molar-refractivity contribution in [1.29, 1.82) is 0 Å².